The van der Waals surface area contributed by atoms with Crippen molar-refractivity contribution in [2.45, 2.75) is 12.8 Å². The Morgan fingerprint density at radius 1 is 1.44 bits per heavy atom. The summed E-state index contributed by atoms with van der Waals surface area (Å²) in [5, 5.41) is 0. The summed E-state index contributed by atoms with van der Waals surface area (Å²) in [5.41, 5.74) is 6.49. The lowest BCUT2D eigenvalue weighted by Crippen LogP contribution is -2.37. The summed E-state index contributed by atoms with van der Waals surface area (Å²) in [6, 6.07) is 9.38. The molecule has 1 atom stereocenters. The van der Waals surface area contributed by atoms with Gasteiger partial charge in [0.15, 0.2) is 0 Å². The van der Waals surface area contributed by atoms with Crippen molar-refractivity contribution < 1.29 is 4.79 Å². The highest BCUT2D eigenvalue weighted by Gasteiger charge is 2.25. The first-order valence-corrected chi connectivity index (χ1v) is 5.58. The minimum atomic E-state index is -0.513. The van der Waals surface area contributed by atoms with E-state index in [-0.39, 0.29) is 10.9 Å². The highest BCUT2D eigenvalue weighted by atomic mass is 32.1. The van der Waals surface area contributed by atoms with Gasteiger partial charge in [-0.2, -0.15) is 0 Å². The number of rotatable bonds is 4. The van der Waals surface area contributed by atoms with Gasteiger partial charge in [0.2, 0.25) is 5.91 Å². The van der Waals surface area contributed by atoms with E-state index in [1.807, 2.05) is 37.3 Å². The molecule has 0 bridgehead atoms. The molecule has 2 N–H and O–H groups in total. The van der Waals surface area contributed by atoms with Crippen LogP contribution in [0.15, 0.2) is 30.3 Å². The third-order valence-corrected chi connectivity index (χ3v) is 2.75. The molecule has 0 saturated heterocycles. The summed E-state index contributed by atoms with van der Waals surface area (Å²) < 4.78 is 0. The van der Waals surface area contributed by atoms with E-state index < -0.39 is 5.92 Å². The summed E-state index contributed by atoms with van der Waals surface area (Å²) in [7, 11) is 1.75. The summed E-state index contributed by atoms with van der Waals surface area (Å²) in [5.74, 6) is -0.567. The molecule has 1 amide bonds. The standard InChI is InChI=1S/C12H16N2OS/c1-3-14(2)12(15)10(11(13)16)9-7-5-4-6-8-9/h4-8,10H,3H2,1-2H3,(H2,13,16). The first-order valence-electron chi connectivity index (χ1n) is 5.17. The van der Waals surface area contributed by atoms with Crippen LogP contribution >= 0.6 is 12.2 Å². The van der Waals surface area contributed by atoms with Crippen LogP contribution in [0.5, 0.6) is 0 Å². The maximum absolute atomic E-state index is 12.1. The van der Waals surface area contributed by atoms with Crippen LogP contribution in [-0.4, -0.2) is 29.4 Å². The van der Waals surface area contributed by atoms with Crippen LogP contribution < -0.4 is 5.73 Å². The molecule has 1 unspecified atom stereocenters. The summed E-state index contributed by atoms with van der Waals surface area (Å²) >= 11 is 4.97. The Hall–Kier alpha value is -1.42. The molecule has 0 heterocycles. The van der Waals surface area contributed by atoms with Gasteiger partial charge in [-0.05, 0) is 12.5 Å². The van der Waals surface area contributed by atoms with Gasteiger partial charge < -0.3 is 10.6 Å². The molecule has 16 heavy (non-hydrogen) atoms. The first kappa shape index (κ1) is 12.6. The van der Waals surface area contributed by atoms with Crippen molar-refractivity contribution in [3.63, 3.8) is 0 Å². The van der Waals surface area contributed by atoms with Gasteiger partial charge in [-0.15, -0.1) is 0 Å². The van der Waals surface area contributed by atoms with Crippen molar-refractivity contribution in [3.05, 3.63) is 35.9 Å². The minimum Gasteiger partial charge on any atom is -0.392 e. The Kier molecular flexibility index (Phi) is 4.43. The molecule has 3 nitrogen and oxygen atoms in total. The van der Waals surface area contributed by atoms with Crippen molar-refractivity contribution in [2.75, 3.05) is 13.6 Å². The lowest BCUT2D eigenvalue weighted by atomic mass is 9.98. The Balaban J connectivity index is 3.02. The molecule has 0 spiro atoms. The average molecular weight is 236 g/mol. The number of amides is 1. The molecule has 0 aromatic heterocycles. The van der Waals surface area contributed by atoms with E-state index in [2.05, 4.69) is 0 Å². The lowest BCUT2D eigenvalue weighted by molar-refractivity contribution is -0.129. The molecule has 1 aromatic carbocycles. The highest BCUT2D eigenvalue weighted by Crippen LogP contribution is 2.18. The zero-order valence-corrected chi connectivity index (χ0v) is 10.3. The first-order chi connectivity index (χ1) is 7.57. The van der Waals surface area contributed by atoms with Crippen molar-refractivity contribution in [1.82, 2.24) is 4.90 Å². The average Bonchev–Trinajstić information content (AvgIpc) is 2.29. The normalized spacial score (nSPS) is 11.9. The predicted octanol–water partition coefficient (Wildman–Crippen LogP) is 1.53. The summed E-state index contributed by atoms with van der Waals surface area (Å²) in [6.45, 7) is 2.56. The molecule has 1 rings (SSSR count). The van der Waals surface area contributed by atoms with Gasteiger partial charge >= 0.3 is 0 Å². The van der Waals surface area contributed by atoms with Crippen LogP contribution in [0.2, 0.25) is 0 Å². The molecule has 0 radical (unpaired) electrons. The van der Waals surface area contributed by atoms with Crippen LogP contribution in [0.25, 0.3) is 0 Å². The van der Waals surface area contributed by atoms with E-state index in [0.717, 1.165) is 5.56 Å². The van der Waals surface area contributed by atoms with Crippen LogP contribution in [0, 0.1) is 0 Å². The quantitative estimate of drug-likeness (QED) is 0.807. The highest BCUT2D eigenvalue weighted by molar-refractivity contribution is 7.80. The van der Waals surface area contributed by atoms with Gasteiger partial charge in [0, 0.05) is 13.6 Å². The maximum Gasteiger partial charge on any atom is 0.236 e. The van der Waals surface area contributed by atoms with Gasteiger partial charge in [0.25, 0.3) is 0 Å². The fraction of sp³-hybridized carbons (Fsp3) is 0.333. The molecular weight excluding hydrogens is 220 g/mol. The zero-order valence-electron chi connectivity index (χ0n) is 9.51. The van der Waals surface area contributed by atoms with Crippen molar-refractivity contribution in [1.29, 1.82) is 0 Å². The summed E-state index contributed by atoms with van der Waals surface area (Å²) in [6.07, 6.45) is 0. The van der Waals surface area contributed by atoms with Gasteiger partial charge in [-0.3, -0.25) is 4.79 Å². The molecule has 0 aliphatic heterocycles. The fourth-order valence-electron chi connectivity index (χ4n) is 1.45. The monoisotopic (exact) mass is 236 g/mol. The number of benzene rings is 1. The molecule has 0 saturated carbocycles. The van der Waals surface area contributed by atoms with E-state index >= 15 is 0 Å². The number of nitrogens with zero attached hydrogens (tertiary/aromatic N) is 1. The minimum absolute atomic E-state index is 0.0544. The van der Waals surface area contributed by atoms with Crippen LogP contribution in [0.1, 0.15) is 18.4 Å². The van der Waals surface area contributed by atoms with E-state index in [1.54, 1.807) is 11.9 Å². The fourth-order valence-corrected chi connectivity index (χ4v) is 1.69. The van der Waals surface area contributed by atoms with Crippen molar-refractivity contribution in [3.8, 4) is 0 Å². The Labute approximate surface area is 101 Å². The Bertz CT molecular complexity index is 378. The number of thiocarbonyl (C=S) groups is 1. The second-order valence-electron chi connectivity index (χ2n) is 3.60. The molecule has 1 aromatic rings. The molecule has 4 heteroatoms. The van der Waals surface area contributed by atoms with Gasteiger partial charge in [-0.25, -0.2) is 0 Å². The van der Waals surface area contributed by atoms with Gasteiger partial charge in [-0.1, -0.05) is 42.5 Å². The molecule has 0 fully saturated rings. The molecule has 0 aliphatic rings. The number of hydrogen-bond donors (Lipinski definition) is 1. The number of carbonyl (C=O) groups excluding carboxylic acids is 1. The second kappa shape index (κ2) is 5.61. The van der Waals surface area contributed by atoms with E-state index in [9.17, 15) is 4.79 Å². The summed E-state index contributed by atoms with van der Waals surface area (Å²) in [4.78, 5) is 13.9. The molecule has 0 aliphatic carbocycles. The SMILES string of the molecule is CCN(C)C(=O)C(C(N)=S)c1ccccc1. The zero-order chi connectivity index (χ0) is 12.1. The van der Waals surface area contributed by atoms with E-state index in [4.69, 9.17) is 18.0 Å². The number of hydrogen-bond acceptors (Lipinski definition) is 2. The smallest absolute Gasteiger partial charge is 0.236 e. The molecule has 86 valence electrons. The topological polar surface area (TPSA) is 46.3 Å². The van der Waals surface area contributed by atoms with Crippen molar-refractivity contribution >= 4 is 23.1 Å². The van der Waals surface area contributed by atoms with Crippen molar-refractivity contribution in [2.24, 2.45) is 5.73 Å². The van der Waals surface area contributed by atoms with Gasteiger partial charge in [0.1, 0.15) is 5.92 Å². The third kappa shape index (κ3) is 2.79. The van der Waals surface area contributed by atoms with E-state index in [1.165, 1.54) is 0 Å². The Morgan fingerprint density at radius 2 is 2.00 bits per heavy atom. The number of likely N-dealkylation sites (N-methyl/N-ethyl adjacent to an activating group) is 1. The molecular formula is C12H16N2OS. The number of carbonyl (C=O) groups is 1. The largest absolute Gasteiger partial charge is 0.392 e. The van der Waals surface area contributed by atoms with Crippen LogP contribution in [0.4, 0.5) is 0 Å². The number of nitrogens with two attached hydrogens (primary N) is 1. The van der Waals surface area contributed by atoms with E-state index in [0.29, 0.717) is 6.54 Å². The third-order valence-electron chi connectivity index (χ3n) is 2.51. The van der Waals surface area contributed by atoms with Gasteiger partial charge in [0.05, 0.1) is 4.99 Å². The van der Waals surface area contributed by atoms with Crippen LogP contribution in [-0.2, 0) is 4.79 Å². The maximum atomic E-state index is 12.1. The Morgan fingerprint density at radius 3 is 2.44 bits per heavy atom. The lowest BCUT2D eigenvalue weighted by Gasteiger charge is -2.22. The second-order valence-corrected chi connectivity index (χ2v) is 4.07. The van der Waals surface area contributed by atoms with Crippen LogP contribution in [0.3, 0.4) is 0 Å². The predicted molar refractivity (Wildman–Crippen MR) is 69.3 cm³/mol.